The van der Waals surface area contributed by atoms with Crippen molar-refractivity contribution >= 4 is 21.4 Å². The van der Waals surface area contributed by atoms with Gasteiger partial charge in [-0.05, 0) is 25.0 Å². The maximum Gasteiger partial charge on any atom is 0.407 e. The summed E-state index contributed by atoms with van der Waals surface area (Å²) in [5.74, 6) is 0. The molecule has 1 fully saturated rings. The van der Waals surface area contributed by atoms with E-state index >= 15 is 0 Å². The topological polar surface area (TPSA) is 115 Å². The van der Waals surface area contributed by atoms with Crippen LogP contribution in [0.2, 0.25) is 0 Å². The smallest absolute Gasteiger partial charge is 0.399 e. The van der Waals surface area contributed by atoms with E-state index in [1.165, 1.54) is 4.72 Å². The Labute approximate surface area is 117 Å². The molecule has 0 atom stereocenters. The Hall–Kier alpha value is -1.88. The number of nitro groups is 1. The SMILES string of the molecule is Nc1ccc(S(=O)(=O)NC2(C(F)(F)F)CC2)c([N+](=O)[O-])c1. The first-order valence-electron chi connectivity index (χ1n) is 5.63. The number of nitrogen functional groups attached to an aromatic ring is 1. The van der Waals surface area contributed by atoms with Crippen molar-refractivity contribution in [2.45, 2.75) is 29.5 Å². The molecule has 1 aromatic rings. The summed E-state index contributed by atoms with van der Waals surface area (Å²) in [6.07, 6.45) is -5.57. The number of sulfonamides is 1. The third-order valence-corrected chi connectivity index (χ3v) is 4.68. The maximum atomic E-state index is 12.8. The second-order valence-corrected chi connectivity index (χ2v) is 6.32. The highest BCUT2D eigenvalue weighted by Gasteiger charge is 2.65. The zero-order valence-electron chi connectivity index (χ0n) is 10.3. The van der Waals surface area contributed by atoms with Gasteiger partial charge in [0.15, 0.2) is 4.90 Å². The zero-order chi connectivity index (χ0) is 16.1. The summed E-state index contributed by atoms with van der Waals surface area (Å²) in [5.41, 5.74) is 1.83. The Balaban J connectivity index is 2.44. The Morgan fingerprint density at radius 1 is 1.33 bits per heavy atom. The van der Waals surface area contributed by atoms with E-state index in [0.29, 0.717) is 0 Å². The van der Waals surface area contributed by atoms with Gasteiger partial charge in [-0.2, -0.15) is 17.9 Å². The average Bonchev–Trinajstić information content (AvgIpc) is 3.08. The number of nitrogens with two attached hydrogens (primary N) is 1. The number of hydrogen-bond acceptors (Lipinski definition) is 5. The molecule has 3 N–H and O–H groups in total. The van der Waals surface area contributed by atoms with Crippen molar-refractivity contribution in [1.29, 1.82) is 0 Å². The fraction of sp³-hybridized carbons (Fsp3) is 0.400. The van der Waals surface area contributed by atoms with Gasteiger partial charge in [0.1, 0.15) is 5.54 Å². The number of alkyl halides is 3. The summed E-state index contributed by atoms with van der Waals surface area (Å²) in [6.45, 7) is 0. The van der Waals surface area contributed by atoms with E-state index in [1.807, 2.05) is 0 Å². The lowest BCUT2D eigenvalue weighted by Crippen LogP contribution is -2.47. The van der Waals surface area contributed by atoms with Crippen LogP contribution in [0.1, 0.15) is 12.8 Å². The van der Waals surface area contributed by atoms with Crippen molar-refractivity contribution in [3.63, 3.8) is 0 Å². The Kier molecular flexibility index (Phi) is 3.37. The van der Waals surface area contributed by atoms with Gasteiger partial charge in [-0.15, -0.1) is 0 Å². The van der Waals surface area contributed by atoms with Gasteiger partial charge in [0.25, 0.3) is 5.69 Å². The maximum absolute atomic E-state index is 12.8. The van der Waals surface area contributed by atoms with E-state index < -0.39 is 50.1 Å². The average molecular weight is 325 g/mol. The standard InChI is InChI=1S/C10H10F3N3O4S/c11-10(12,13)9(3-4-9)15-21(19,20)8-2-1-6(14)5-7(8)16(17)18/h1-2,5,15H,3-4,14H2. The van der Waals surface area contributed by atoms with Gasteiger partial charge >= 0.3 is 6.18 Å². The molecule has 1 aliphatic carbocycles. The molecule has 0 radical (unpaired) electrons. The molecule has 0 heterocycles. The molecule has 0 unspecified atom stereocenters. The molecule has 11 heteroatoms. The minimum atomic E-state index is -4.76. The minimum Gasteiger partial charge on any atom is -0.399 e. The van der Waals surface area contributed by atoms with Crippen LogP contribution in [0, 0.1) is 10.1 Å². The number of nitrogens with zero attached hydrogens (tertiary/aromatic N) is 1. The summed E-state index contributed by atoms with van der Waals surface area (Å²) < 4.78 is 63.9. The van der Waals surface area contributed by atoms with Crippen LogP contribution in [0.5, 0.6) is 0 Å². The van der Waals surface area contributed by atoms with E-state index in [1.54, 1.807) is 0 Å². The van der Waals surface area contributed by atoms with E-state index in [9.17, 15) is 31.7 Å². The molecule has 1 aliphatic rings. The van der Waals surface area contributed by atoms with Crippen LogP contribution in [-0.2, 0) is 10.0 Å². The first-order chi connectivity index (χ1) is 9.48. The van der Waals surface area contributed by atoms with Crippen LogP contribution >= 0.6 is 0 Å². The molecule has 0 aliphatic heterocycles. The highest BCUT2D eigenvalue weighted by Crippen LogP contribution is 2.50. The van der Waals surface area contributed by atoms with Crippen molar-refractivity contribution in [2.75, 3.05) is 5.73 Å². The second-order valence-electron chi connectivity index (χ2n) is 4.67. The molecule has 0 aromatic heterocycles. The zero-order valence-corrected chi connectivity index (χ0v) is 11.2. The highest BCUT2D eigenvalue weighted by molar-refractivity contribution is 7.89. The lowest BCUT2D eigenvalue weighted by atomic mass is 10.3. The summed E-state index contributed by atoms with van der Waals surface area (Å²) >= 11 is 0. The number of nitrogens with one attached hydrogen (secondary N) is 1. The van der Waals surface area contributed by atoms with E-state index in [2.05, 4.69) is 0 Å². The molecule has 7 nitrogen and oxygen atoms in total. The van der Waals surface area contributed by atoms with Gasteiger partial charge in [-0.1, -0.05) is 0 Å². The molecule has 0 amide bonds. The molecular formula is C10H10F3N3O4S. The number of anilines is 1. The fourth-order valence-electron chi connectivity index (χ4n) is 1.78. The Bertz CT molecular complexity index is 698. The van der Waals surface area contributed by atoms with Crippen molar-refractivity contribution in [1.82, 2.24) is 4.72 Å². The van der Waals surface area contributed by atoms with Crippen LogP contribution in [0.15, 0.2) is 23.1 Å². The number of halogens is 3. The molecule has 1 aromatic carbocycles. The molecule has 0 bridgehead atoms. The molecule has 21 heavy (non-hydrogen) atoms. The third kappa shape index (κ3) is 2.78. The van der Waals surface area contributed by atoms with Crippen LogP contribution in [0.4, 0.5) is 24.5 Å². The molecule has 0 saturated heterocycles. The van der Waals surface area contributed by atoms with E-state index in [0.717, 1.165) is 18.2 Å². The van der Waals surface area contributed by atoms with Crippen molar-refractivity contribution < 1.29 is 26.5 Å². The molecule has 1 saturated carbocycles. The predicted octanol–water partition coefficient (Wildman–Crippen LogP) is 1.55. The lowest BCUT2D eigenvalue weighted by Gasteiger charge is -2.20. The first-order valence-corrected chi connectivity index (χ1v) is 7.11. The molecule has 0 spiro atoms. The first kappa shape index (κ1) is 15.5. The monoisotopic (exact) mass is 325 g/mol. The van der Waals surface area contributed by atoms with E-state index in [-0.39, 0.29) is 5.69 Å². The van der Waals surface area contributed by atoms with Gasteiger partial charge in [-0.25, -0.2) is 8.42 Å². The lowest BCUT2D eigenvalue weighted by molar-refractivity contribution is -0.387. The van der Waals surface area contributed by atoms with Gasteiger partial charge in [-0.3, -0.25) is 10.1 Å². The van der Waals surface area contributed by atoms with Gasteiger partial charge in [0.2, 0.25) is 10.0 Å². The number of hydrogen-bond donors (Lipinski definition) is 2. The summed E-state index contributed by atoms with van der Waals surface area (Å²) in [7, 11) is -4.70. The van der Waals surface area contributed by atoms with Crippen molar-refractivity contribution in [2.24, 2.45) is 0 Å². The number of benzene rings is 1. The Morgan fingerprint density at radius 3 is 2.33 bits per heavy atom. The second kappa shape index (κ2) is 4.56. The minimum absolute atomic E-state index is 0.0717. The summed E-state index contributed by atoms with van der Waals surface area (Å²) in [6, 6.07) is 2.65. The van der Waals surface area contributed by atoms with Crippen LogP contribution in [0.25, 0.3) is 0 Å². The van der Waals surface area contributed by atoms with Crippen molar-refractivity contribution in [3.8, 4) is 0 Å². The van der Waals surface area contributed by atoms with Gasteiger partial charge < -0.3 is 5.73 Å². The number of rotatable bonds is 4. The normalized spacial score (nSPS) is 17.5. The molecular weight excluding hydrogens is 315 g/mol. The van der Waals surface area contributed by atoms with Crippen molar-refractivity contribution in [3.05, 3.63) is 28.3 Å². The summed E-state index contributed by atoms with van der Waals surface area (Å²) in [5, 5.41) is 10.8. The largest absolute Gasteiger partial charge is 0.407 e. The molecule has 116 valence electrons. The number of nitro benzene ring substituents is 1. The van der Waals surface area contributed by atoms with E-state index in [4.69, 9.17) is 5.73 Å². The third-order valence-electron chi connectivity index (χ3n) is 3.09. The Morgan fingerprint density at radius 2 is 1.90 bits per heavy atom. The van der Waals surface area contributed by atoms with Crippen LogP contribution in [-0.4, -0.2) is 25.1 Å². The molecule has 2 rings (SSSR count). The predicted molar refractivity (Wildman–Crippen MR) is 65.9 cm³/mol. The van der Waals surface area contributed by atoms with Crippen LogP contribution in [0.3, 0.4) is 0 Å². The quantitative estimate of drug-likeness (QED) is 0.495. The van der Waals surface area contributed by atoms with Gasteiger partial charge in [0.05, 0.1) is 4.92 Å². The summed E-state index contributed by atoms with van der Waals surface area (Å²) in [4.78, 5) is 8.97. The highest BCUT2D eigenvalue weighted by atomic mass is 32.2. The van der Waals surface area contributed by atoms with Gasteiger partial charge in [0, 0.05) is 11.8 Å². The van der Waals surface area contributed by atoms with Crippen LogP contribution < -0.4 is 10.5 Å². The fourth-order valence-corrected chi connectivity index (χ4v) is 3.39.